The number of aromatic nitrogens is 2. The van der Waals surface area contributed by atoms with Gasteiger partial charge in [-0.05, 0) is 55.8 Å². The number of rotatable bonds is 8. The van der Waals surface area contributed by atoms with Crippen LogP contribution in [0, 0.1) is 6.92 Å². The summed E-state index contributed by atoms with van der Waals surface area (Å²) in [6.45, 7) is 4.44. The maximum Gasteiger partial charge on any atom is 0.257 e. The minimum atomic E-state index is -0.280. The number of thioether (sulfide) groups is 1. The number of hydrogen-bond acceptors (Lipinski definition) is 7. The third kappa shape index (κ3) is 6.30. The van der Waals surface area contributed by atoms with E-state index in [4.69, 9.17) is 4.74 Å². The second-order valence-electron chi connectivity index (χ2n) is 5.99. The molecule has 0 bridgehead atoms. The van der Waals surface area contributed by atoms with Gasteiger partial charge in [0.2, 0.25) is 11.0 Å². The second kappa shape index (κ2) is 10.0. The Morgan fingerprint density at radius 3 is 2.62 bits per heavy atom. The molecule has 0 unspecified atom stereocenters. The van der Waals surface area contributed by atoms with E-state index in [0.717, 1.165) is 11.3 Å². The topological polar surface area (TPSA) is 93.2 Å². The van der Waals surface area contributed by atoms with E-state index in [1.165, 1.54) is 23.1 Å². The Morgan fingerprint density at radius 1 is 1.10 bits per heavy atom. The zero-order valence-electron chi connectivity index (χ0n) is 16.0. The fourth-order valence-corrected chi connectivity index (χ4v) is 3.95. The van der Waals surface area contributed by atoms with E-state index in [0.29, 0.717) is 27.4 Å². The average Bonchev–Trinajstić information content (AvgIpc) is 3.14. The zero-order valence-corrected chi connectivity index (χ0v) is 17.6. The van der Waals surface area contributed by atoms with Crippen LogP contribution in [0.3, 0.4) is 0 Å². The molecule has 0 aliphatic heterocycles. The van der Waals surface area contributed by atoms with E-state index >= 15 is 0 Å². The van der Waals surface area contributed by atoms with Gasteiger partial charge in [-0.2, -0.15) is 0 Å². The lowest BCUT2D eigenvalue weighted by molar-refractivity contribution is -0.113. The van der Waals surface area contributed by atoms with Gasteiger partial charge in [0.05, 0.1) is 12.4 Å². The van der Waals surface area contributed by atoms with Crippen molar-refractivity contribution in [3.8, 4) is 5.75 Å². The highest BCUT2D eigenvalue weighted by molar-refractivity contribution is 8.01. The van der Waals surface area contributed by atoms with Gasteiger partial charge in [0, 0.05) is 11.3 Å². The number of benzene rings is 2. The molecule has 0 aliphatic carbocycles. The Balaban J connectivity index is 1.49. The highest BCUT2D eigenvalue weighted by atomic mass is 32.2. The van der Waals surface area contributed by atoms with Crippen molar-refractivity contribution in [2.24, 2.45) is 0 Å². The van der Waals surface area contributed by atoms with Gasteiger partial charge in [-0.15, -0.1) is 10.2 Å². The maximum absolute atomic E-state index is 12.3. The highest BCUT2D eigenvalue weighted by Crippen LogP contribution is 2.26. The summed E-state index contributed by atoms with van der Waals surface area (Å²) < 4.78 is 5.97. The first-order valence-electron chi connectivity index (χ1n) is 8.90. The van der Waals surface area contributed by atoms with E-state index in [1.54, 1.807) is 24.3 Å². The quantitative estimate of drug-likeness (QED) is 0.412. The number of amides is 2. The van der Waals surface area contributed by atoms with E-state index in [1.807, 2.05) is 38.1 Å². The number of hydrogen-bond donors (Lipinski definition) is 2. The van der Waals surface area contributed by atoms with Gasteiger partial charge in [-0.25, -0.2) is 0 Å². The van der Waals surface area contributed by atoms with Crippen molar-refractivity contribution in [2.75, 3.05) is 23.0 Å². The largest absolute Gasteiger partial charge is 0.494 e. The van der Waals surface area contributed by atoms with Crippen LogP contribution in [0.15, 0.2) is 52.9 Å². The van der Waals surface area contributed by atoms with E-state index in [2.05, 4.69) is 20.8 Å². The molecule has 1 aromatic heterocycles. The Kier molecular flexibility index (Phi) is 7.20. The van der Waals surface area contributed by atoms with Gasteiger partial charge in [-0.3, -0.25) is 14.9 Å². The molecule has 0 aliphatic rings. The van der Waals surface area contributed by atoms with Crippen LogP contribution in [0.25, 0.3) is 0 Å². The number of carbonyl (C=O) groups is 2. The van der Waals surface area contributed by atoms with Crippen LogP contribution in [0.4, 0.5) is 10.8 Å². The third-order valence-corrected chi connectivity index (χ3v) is 5.66. The van der Waals surface area contributed by atoms with E-state index < -0.39 is 0 Å². The van der Waals surface area contributed by atoms with Gasteiger partial charge >= 0.3 is 0 Å². The summed E-state index contributed by atoms with van der Waals surface area (Å²) in [5, 5.41) is 13.9. The molecule has 1 heterocycles. The first kappa shape index (κ1) is 20.8. The fraction of sp³-hybridized carbons (Fsp3) is 0.200. The standard InChI is InChI=1S/C20H20N4O3S2/c1-3-27-16-9-7-14(8-10-16)18(26)22-19-23-24-20(29-19)28-12-17(25)21-15-6-4-5-13(2)11-15/h4-11H,3,12H2,1-2H3,(H,21,25)(H,22,23,26). The number of nitrogens with zero attached hydrogens (tertiary/aromatic N) is 2. The molecule has 29 heavy (non-hydrogen) atoms. The van der Waals surface area contributed by atoms with E-state index in [9.17, 15) is 9.59 Å². The van der Waals surface area contributed by atoms with Gasteiger partial charge in [0.25, 0.3) is 5.91 Å². The van der Waals surface area contributed by atoms with E-state index in [-0.39, 0.29) is 17.6 Å². The third-order valence-electron chi connectivity index (χ3n) is 3.68. The lowest BCUT2D eigenvalue weighted by Gasteiger charge is -2.05. The summed E-state index contributed by atoms with van der Waals surface area (Å²) in [6.07, 6.45) is 0. The van der Waals surface area contributed by atoms with Gasteiger partial charge in [0.1, 0.15) is 5.75 Å². The summed E-state index contributed by atoms with van der Waals surface area (Å²) in [5.41, 5.74) is 2.33. The zero-order chi connectivity index (χ0) is 20.6. The molecule has 3 aromatic rings. The van der Waals surface area contributed by atoms with Crippen LogP contribution in [0.1, 0.15) is 22.8 Å². The molecule has 2 amide bonds. The van der Waals surface area contributed by atoms with Gasteiger partial charge in [0.15, 0.2) is 4.34 Å². The molecule has 150 valence electrons. The molecule has 0 spiro atoms. The lowest BCUT2D eigenvalue weighted by Crippen LogP contribution is -2.13. The second-order valence-corrected chi connectivity index (χ2v) is 8.19. The maximum atomic E-state index is 12.3. The molecule has 0 saturated carbocycles. The molecule has 2 aromatic carbocycles. The van der Waals surface area contributed by atoms with Crippen molar-refractivity contribution in [1.29, 1.82) is 0 Å². The first-order chi connectivity index (χ1) is 14.0. The highest BCUT2D eigenvalue weighted by Gasteiger charge is 2.12. The summed E-state index contributed by atoms with van der Waals surface area (Å²) in [6, 6.07) is 14.5. The molecule has 3 rings (SSSR count). The minimum Gasteiger partial charge on any atom is -0.494 e. The number of ether oxygens (including phenoxy) is 1. The van der Waals surface area contributed by atoms with Crippen LogP contribution in [-0.4, -0.2) is 34.4 Å². The summed E-state index contributed by atoms with van der Waals surface area (Å²) in [5.74, 6) is 0.506. The summed E-state index contributed by atoms with van der Waals surface area (Å²) in [4.78, 5) is 24.4. The fourth-order valence-electron chi connectivity index (χ4n) is 2.40. The Bertz CT molecular complexity index is 989. The molecule has 0 radical (unpaired) electrons. The van der Waals surface area contributed by atoms with Crippen molar-refractivity contribution in [3.63, 3.8) is 0 Å². The minimum absolute atomic E-state index is 0.129. The van der Waals surface area contributed by atoms with Crippen LogP contribution < -0.4 is 15.4 Å². The van der Waals surface area contributed by atoms with Gasteiger partial charge in [-0.1, -0.05) is 35.2 Å². The van der Waals surface area contributed by atoms with Crippen LogP contribution in [-0.2, 0) is 4.79 Å². The Labute approximate surface area is 176 Å². The SMILES string of the molecule is CCOc1ccc(C(=O)Nc2nnc(SCC(=O)Nc3cccc(C)c3)s2)cc1. The Hall–Kier alpha value is -2.91. The van der Waals surface area contributed by atoms with Crippen molar-refractivity contribution in [2.45, 2.75) is 18.2 Å². The number of anilines is 2. The molecular weight excluding hydrogens is 408 g/mol. The molecule has 2 N–H and O–H groups in total. The molecule has 9 heteroatoms. The smallest absolute Gasteiger partial charge is 0.257 e. The van der Waals surface area contributed by atoms with Crippen LogP contribution >= 0.6 is 23.1 Å². The van der Waals surface area contributed by atoms with Crippen molar-refractivity contribution in [1.82, 2.24) is 10.2 Å². The molecule has 7 nitrogen and oxygen atoms in total. The number of nitrogens with one attached hydrogen (secondary N) is 2. The number of aryl methyl sites for hydroxylation is 1. The number of carbonyl (C=O) groups excluding carboxylic acids is 2. The van der Waals surface area contributed by atoms with Crippen molar-refractivity contribution < 1.29 is 14.3 Å². The van der Waals surface area contributed by atoms with Crippen molar-refractivity contribution in [3.05, 3.63) is 59.7 Å². The lowest BCUT2D eigenvalue weighted by atomic mass is 10.2. The normalized spacial score (nSPS) is 10.4. The average molecular weight is 429 g/mol. The predicted molar refractivity (Wildman–Crippen MR) is 116 cm³/mol. The molecule has 0 saturated heterocycles. The molecular formula is C20H20N4O3S2. The first-order valence-corrected chi connectivity index (χ1v) is 10.7. The Morgan fingerprint density at radius 2 is 1.90 bits per heavy atom. The summed E-state index contributed by atoms with van der Waals surface area (Å²) >= 11 is 2.49. The van der Waals surface area contributed by atoms with Crippen LogP contribution in [0.2, 0.25) is 0 Å². The van der Waals surface area contributed by atoms with Crippen molar-refractivity contribution >= 4 is 45.7 Å². The van der Waals surface area contributed by atoms with Gasteiger partial charge < -0.3 is 10.1 Å². The summed E-state index contributed by atoms with van der Waals surface area (Å²) in [7, 11) is 0. The van der Waals surface area contributed by atoms with Crippen LogP contribution in [0.5, 0.6) is 5.75 Å². The molecule has 0 atom stereocenters. The molecule has 0 fully saturated rings. The monoisotopic (exact) mass is 428 g/mol. The predicted octanol–water partition coefficient (Wildman–Crippen LogP) is 4.23.